The van der Waals surface area contributed by atoms with Crippen LogP contribution in [-0.4, -0.2) is 26.8 Å². The van der Waals surface area contributed by atoms with Gasteiger partial charge in [-0.15, -0.1) is 0 Å². The number of hydrazone groups is 1. The standard InChI is InChI=1S/C26H21BrN4O4/c1-15(32)30-23(17-8-5-9-19(12-17)31(34)35)14-22(29-30)25-24(16-6-3-2-4-7-16)20-13-18(27)10-11-21(20)28-26(25)33/h2-13,23,31,34H,14H2,1H3,(H,28,33). The van der Waals surface area contributed by atoms with Gasteiger partial charge in [-0.25, -0.2) is 10.2 Å². The second-order valence-electron chi connectivity index (χ2n) is 8.32. The number of benzene rings is 3. The van der Waals surface area contributed by atoms with Crippen LogP contribution in [0.2, 0.25) is 0 Å². The molecule has 3 aromatic carbocycles. The van der Waals surface area contributed by atoms with Crippen molar-refractivity contribution in [1.29, 1.82) is 0 Å². The summed E-state index contributed by atoms with van der Waals surface area (Å²) >= 11 is 3.53. The zero-order valence-electron chi connectivity index (χ0n) is 18.7. The topological polar surface area (TPSA) is 113 Å². The molecule has 0 saturated carbocycles. The molecule has 4 aromatic rings. The molecule has 0 spiro atoms. The number of aromatic nitrogens is 1. The highest BCUT2D eigenvalue weighted by Crippen LogP contribution is 2.37. The van der Waals surface area contributed by atoms with Gasteiger partial charge in [-0.1, -0.05) is 58.4 Å². The highest BCUT2D eigenvalue weighted by Gasteiger charge is 2.34. The molecular formula is C26H21BrN4O4. The number of hydrogen-bond donors (Lipinski definition) is 3. The highest BCUT2D eigenvalue weighted by atomic mass is 79.9. The van der Waals surface area contributed by atoms with Crippen LogP contribution in [-0.2, 0) is 4.79 Å². The lowest BCUT2D eigenvalue weighted by molar-refractivity contribution is -0.991. The van der Waals surface area contributed by atoms with Crippen molar-refractivity contribution in [1.82, 2.24) is 9.99 Å². The minimum Gasteiger partial charge on any atom is -0.595 e. The van der Waals surface area contributed by atoms with Gasteiger partial charge in [0.15, 0.2) is 5.69 Å². The Labute approximate surface area is 208 Å². The molecule has 176 valence electrons. The molecule has 2 unspecified atom stereocenters. The summed E-state index contributed by atoms with van der Waals surface area (Å²) < 4.78 is 0.863. The predicted molar refractivity (Wildman–Crippen MR) is 136 cm³/mol. The van der Waals surface area contributed by atoms with E-state index in [0.717, 1.165) is 21.0 Å². The fourth-order valence-electron chi connectivity index (χ4n) is 4.54. The molecule has 9 heteroatoms. The van der Waals surface area contributed by atoms with Crippen LogP contribution in [0.5, 0.6) is 0 Å². The first-order chi connectivity index (χ1) is 16.8. The van der Waals surface area contributed by atoms with Gasteiger partial charge >= 0.3 is 0 Å². The molecule has 8 nitrogen and oxygen atoms in total. The largest absolute Gasteiger partial charge is 0.595 e. The molecule has 0 bridgehead atoms. The van der Waals surface area contributed by atoms with E-state index in [2.05, 4.69) is 26.0 Å². The number of fused-ring (bicyclic) bond motifs is 1. The lowest BCUT2D eigenvalue weighted by Gasteiger charge is -2.21. The number of aromatic amines is 1. The van der Waals surface area contributed by atoms with Gasteiger partial charge in [0.25, 0.3) is 5.56 Å². The van der Waals surface area contributed by atoms with Crippen LogP contribution < -0.4 is 10.8 Å². The van der Waals surface area contributed by atoms with E-state index in [1.807, 2.05) is 48.5 Å². The molecule has 0 radical (unpaired) electrons. The predicted octanol–water partition coefficient (Wildman–Crippen LogP) is 4.06. The summed E-state index contributed by atoms with van der Waals surface area (Å²) in [6, 6.07) is 21.2. The first-order valence-corrected chi connectivity index (χ1v) is 11.7. The van der Waals surface area contributed by atoms with Crippen LogP contribution in [0.3, 0.4) is 0 Å². The Hall–Kier alpha value is -3.63. The molecule has 0 saturated heterocycles. The summed E-state index contributed by atoms with van der Waals surface area (Å²) in [7, 11) is 0. The minimum atomic E-state index is -1.05. The van der Waals surface area contributed by atoms with Gasteiger partial charge in [-0.3, -0.25) is 9.59 Å². The van der Waals surface area contributed by atoms with Gasteiger partial charge in [-0.05, 0) is 29.3 Å². The van der Waals surface area contributed by atoms with Crippen molar-refractivity contribution in [3.63, 3.8) is 0 Å². The normalized spacial score (nSPS) is 16.4. The number of halogens is 1. The third-order valence-corrected chi connectivity index (χ3v) is 6.57. The van der Waals surface area contributed by atoms with Crippen LogP contribution in [0, 0.1) is 5.21 Å². The van der Waals surface area contributed by atoms with Crippen molar-refractivity contribution in [2.45, 2.75) is 19.4 Å². The molecule has 0 aliphatic carbocycles. The molecule has 35 heavy (non-hydrogen) atoms. The maximum absolute atomic E-state index is 13.4. The van der Waals surface area contributed by atoms with E-state index in [1.165, 1.54) is 18.0 Å². The van der Waals surface area contributed by atoms with Crippen molar-refractivity contribution >= 4 is 44.1 Å². The average molecular weight is 533 g/mol. The molecule has 3 N–H and O–H groups in total. The minimum absolute atomic E-state index is 0.123. The number of carbonyl (C=O) groups is 1. The van der Waals surface area contributed by atoms with Crippen LogP contribution in [0.1, 0.15) is 30.5 Å². The second kappa shape index (κ2) is 9.20. The molecule has 1 aromatic heterocycles. The van der Waals surface area contributed by atoms with E-state index in [0.29, 0.717) is 22.4 Å². The summed E-state index contributed by atoms with van der Waals surface area (Å²) in [6.45, 7) is 1.40. The monoisotopic (exact) mass is 532 g/mol. The number of carbonyl (C=O) groups excluding carboxylic acids is 1. The molecular weight excluding hydrogens is 512 g/mol. The SMILES string of the molecule is CC(=O)N1N=C(c2c(-c3ccccc3)c3cc(Br)ccc3[nH]c2=O)CC1c1cccc([NH+]([O-])O)c1. The van der Waals surface area contributed by atoms with E-state index in [1.54, 1.807) is 18.2 Å². The van der Waals surface area contributed by atoms with Crippen LogP contribution in [0.15, 0.2) is 87.2 Å². The van der Waals surface area contributed by atoms with Crippen molar-refractivity contribution in [3.8, 4) is 11.1 Å². The zero-order chi connectivity index (χ0) is 24.7. The molecule has 2 atom stereocenters. The Kier molecular flexibility index (Phi) is 6.08. The number of hydrogen-bond acceptors (Lipinski definition) is 5. The summed E-state index contributed by atoms with van der Waals surface area (Å²) in [4.78, 5) is 28.9. The fourth-order valence-corrected chi connectivity index (χ4v) is 4.90. The van der Waals surface area contributed by atoms with E-state index in [9.17, 15) is 20.0 Å². The van der Waals surface area contributed by atoms with Gasteiger partial charge in [-0.2, -0.15) is 10.3 Å². The zero-order valence-corrected chi connectivity index (χ0v) is 20.2. The maximum atomic E-state index is 13.4. The first-order valence-electron chi connectivity index (χ1n) is 11.0. The fraction of sp³-hybridized carbons (Fsp3) is 0.115. The quantitative estimate of drug-likeness (QED) is 0.344. The Bertz CT molecular complexity index is 1530. The third kappa shape index (κ3) is 4.30. The molecule has 5 rings (SSSR count). The lowest BCUT2D eigenvalue weighted by Crippen LogP contribution is -2.99. The molecule has 2 heterocycles. The van der Waals surface area contributed by atoms with E-state index >= 15 is 0 Å². The van der Waals surface area contributed by atoms with Crippen LogP contribution in [0.4, 0.5) is 5.69 Å². The Morgan fingerprint density at radius 1 is 1.11 bits per heavy atom. The van der Waals surface area contributed by atoms with Gasteiger partial charge < -0.3 is 10.2 Å². The van der Waals surface area contributed by atoms with Crippen molar-refractivity contribution < 1.29 is 15.2 Å². The number of amides is 1. The third-order valence-electron chi connectivity index (χ3n) is 6.08. The van der Waals surface area contributed by atoms with Gasteiger partial charge in [0.05, 0.1) is 17.3 Å². The highest BCUT2D eigenvalue weighted by molar-refractivity contribution is 9.10. The van der Waals surface area contributed by atoms with E-state index in [-0.39, 0.29) is 23.6 Å². The summed E-state index contributed by atoms with van der Waals surface area (Å²) in [6.07, 6.45) is 0.269. The number of pyridine rings is 1. The Morgan fingerprint density at radius 3 is 2.60 bits per heavy atom. The number of nitrogens with one attached hydrogen (secondary N) is 2. The summed E-state index contributed by atoms with van der Waals surface area (Å²) in [5, 5.41) is 26.6. The van der Waals surface area contributed by atoms with E-state index in [4.69, 9.17) is 0 Å². The second-order valence-corrected chi connectivity index (χ2v) is 9.24. The maximum Gasteiger partial charge on any atom is 0.258 e. The molecule has 0 fully saturated rings. The van der Waals surface area contributed by atoms with Crippen molar-refractivity contribution in [2.75, 3.05) is 0 Å². The number of H-pyrrole nitrogens is 1. The van der Waals surface area contributed by atoms with Crippen LogP contribution >= 0.6 is 15.9 Å². The van der Waals surface area contributed by atoms with Crippen LogP contribution in [0.25, 0.3) is 22.0 Å². The van der Waals surface area contributed by atoms with Gasteiger partial charge in [0.2, 0.25) is 5.91 Å². The summed E-state index contributed by atoms with van der Waals surface area (Å²) in [5.74, 6) is -0.299. The number of rotatable bonds is 4. The average Bonchev–Trinajstić information content (AvgIpc) is 3.29. The Morgan fingerprint density at radius 2 is 1.89 bits per heavy atom. The summed E-state index contributed by atoms with van der Waals surface area (Å²) in [5.41, 5.74) is 3.59. The van der Waals surface area contributed by atoms with Gasteiger partial charge in [0.1, 0.15) is 0 Å². The van der Waals surface area contributed by atoms with Crippen molar-refractivity contribution in [3.05, 3.63) is 104 Å². The first kappa shape index (κ1) is 23.1. The number of nitrogens with zero attached hydrogens (tertiary/aromatic N) is 2. The smallest absolute Gasteiger partial charge is 0.258 e. The molecule has 1 aliphatic heterocycles. The molecule has 1 aliphatic rings. The van der Waals surface area contributed by atoms with Gasteiger partial charge in [0, 0.05) is 46.4 Å². The van der Waals surface area contributed by atoms with E-state index < -0.39 is 11.3 Å². The van der Waals surface area contributed by atoms with Crippen molar-refractivity contribution in [2.24, 2.45) is 5.10 Å². The lowest BCUT2D eigenvalue weighted by atomic mass is 9.91. The number of quaternary nitrogens is 1. The molecule has 1 amide bonds. The Balaban J connectivity index is 1.71.